The van der Waals surface area contributed by atoms with E-state index in [2.05, 4.69) is 10.2 Å². The highest BCUT2D eigenvalue weighted by Crippen LogP contribution is 2.30. The number of nitrogens with zero attached hydrogens (tertiary/aromatic N) is 1. The van der Waals surface area contributed by atoms with E-state index >= 15 is 0 Å². The highest BCUT2D eigenvalue weighted by Gasteiger charge is 2.35. The molecular formula is C15H21N3O2. The average molecular weight is 275 g/mol. The second kappa shape index (κ2) is 5.32. The predicted octanol–water partition coefficient (Wildman–Crippen LogP) is 1.24. The van der Waals surface area contributed by atoms with Gasteiger partial charge in [0.25, 0.3) is 5.91 Å². The molecule has 5 heteroatoms. The smallest absolute Gasteiger partial charge is 0.255 e. The molecule has 20 heavy (non-hydrogen) atoms. The number of carbonyl (C=O) groups excluding carboxylic acids is 1. The van der Waals surface area contributed by atoms with Crippen molar-refractivity contribution >= 4 is 11.6 Å². The lowest BCUT2D eigenvalue weighted by Crippen LogP contribution is -2.37. The van der Waals surface area contributed by atoms with Crippen molar-refractivity contribution < 1.29 is 9.53 Å². The molecule has 0 bridgehead atoms. The molecule has 1 aromatic rings. The maximum Gasteiger partial charge on any atom is 0.255 e. The van der Waals surface area contributed by atoms with Crippen molar-refractivity contribution in [3.63, 3.8) is 0 Å². The zero-order chi connectivity index (χ0) is 14.1. The van der Waals surface area contributed by atoms with E-state index in [0.29, 0.717) is 17.0 Å². The number of rotatable bonds is 4. The van der Waals surface area contributed by atoms with E-state index in [1.807, 2.05) is 0 Å². The molecule has 108 valence electrons. The first-order chi connectivity index (χ1) is 9.67. The van der Waals surface area contributed by atoms with Gasteiger partial charge in [-0.3, -0.25) is 9.69 Å². The number of methoxy groups -OCH3 is 1. The summed E-state index contributed by atoms with van der Waals surface area (Å²) in [6.45, 7) is 2.06. The van der Waals surface area contributed by atoms with E-state index in [1.165, 1.54) is 12.8 Å². The third-order valence-corrected chi connectivity index (χ3v) is 4.09. The van der Waals surface area contributed by atoms with Crippen molar-refractivity contribution in [1.82, 2.24) is 10.2 Å². The molecule has 1 amide bonds. The lowest BCUT2D eigenvalue weighted by molar-refractivity contribution is 0.0934. The summed E-state index contributed by atoms with van der Waals surface area (Å²) in [5.74, 6) is 0.448. The molecule has 1 saturated carbocycles. The van der Waals surface area contributed by atoms with Gasteiger partial charge in [0.15, 0.2) is 0 Å². The van der Waals surface area contributed by atoms with Gasteiger partial charge in [0.2, 0.25) is 0 Å². The first-order valence-electron chi connectivity index (χ1n) is 7.16. The molecule has 0 aromatic heterocycles. The van der Waals surface area contributed by atoms with Crippen molar-refractivity contribution in [2.75, 3.05) is 25.9 Å². The van der Waals surface area contributed by atoms with Gasteiger partial charge in [0, 0.05) is 36.9 Å². The van der Waals surface area contributed by atoms with E-state index in [0.717, 1.165) is 25.6 Å². The van der Waals surface area contributed by atoms with E-state index in [4.69, 9.17) is 10.5 Å². The molecule has 0 spiro atoms. The number of hydrogen-bond donors (Lipinski definition) is 2. The van der Waals surface area contributed by atoms with E-state index in [-0.39, 0.29) is 11.9 Å². The Morgan fingerprint density at radius 3 is 2.90 bits per heavy atom. The Bertz CT molecular complexity index is 514. The number of nitrogens with two attached hydrogens (primary N) is 1. The molecule has 0 radical (unpaired) electrons. The Morgan fingerprint density at radius 1 is 1.40 bits per heavy atom. The van der Waals surface area contributed by atoms with Crippen molar-refractivity contribution in [3.8, 4) is 5.75 Å². The molecule has 1 aliphatic heterocycles. The molecule has 1 aromatic carbocycles. The summed E-state index contributed by atoms with van der Waals surface area (Å²) in [4.78, 5) is 14.8. The standard InChI is InChI=1S/C15H21N3O2/c1-20-14-8-10(16)2-5-13(14)15(19)17-11-6-7-18(9-11)12-3-4-12/h2,5,8,11-12H,3-4,6-7,9,16H2,1H3,(H,17,19). The van der Waals surface area contributed by atoms with Gasteiger partial charge in [0.1, 0.15) is 5.75 Å². The van der Waals surface area contributed by atoms with Crippen LogP contribution in [0, 0.1) is 0 Å². The van der Waals surface area contributed by atoms with Crippen LogP contribution in [0.15, 0.2) is 18.2 Å². The fourth-order valence-corrected chi connectivity index (χ4v) is 2.83. The Hall–Kier alpha value is -1.75. The molecule has 1 unspecified atom stereocenters. The molecule has 3 N–H and O–H groups in total. The van der Waals surface area contributed by atoms with Gasteiger partial charge in [-0.1, -0.05) is 0 Å². The second-order valence-corrected chi connectivity index (χ2v) is 5.64. The maximum atomic E-state index is 12.3. The van der Waals surface area contributed by atoms with Crippen molar-refractivity contribution in [2.45, 2.75) is 31.3 Å². The van der Waals surface area contributed by atoms with Crippen LogP contribution in [0.1, 0.15) is 29.6 Å². The molecular weight excluding hydrogens is 254 g/mol. The van der Waals surface area contributed by atoms with Crippen LogP contribution >= 0.6 is 0 Å². The minimum Gasteiger partial charge on any atom is -0.496 e. The van der Waals surface area contributed by atoms with E-state index in [1.54, 1.807) is 25.3 Å². The molecule has 1 saturated heterocycles. The summed E-state index contributed by atoms with van der Waals surface area (Å²) in [6, 6.07) is 6.13. The number of anilines is 1. The monoisotopic (exact) mass is 275 g/mol. The van der Waals surface area contributed by atoms with Crippen molar-refractivity contribution in [1.29, 1.82) is 0 Å². The average Bonchev–Trinajstić information content (AvgIpc) is 3.19. The van der Waals surface area contributed by atoms with Gasteiger partial charge < -0.3 is 15.8 Å². The highest BCUT2D eigenvalue weighted by atomic mass is 16.5. The van der Waals surface area contributed by atoms with Crippen LogP contribution in [0.25, 0.3) is 0 Å². The number of hydrogen-bond acceptors (Lipinski definition) is 4. The number of ether oxygens (including phenoxy) is 1. The van der Waals surface area contributed by atoms with Gasteiger partial charge >= 0.3 is 0 Å². The Morgan fingerprint density at radius 2 is 2.20 bits per heavy atom. The number of nitrogens with one attached hydrogen (secondary N) is 1. The number of benzene rings is 1. The van der Waals surface area contributed by atoms with Gasteiger partial charge in [-0.05, 0) is 31.4 Å². The Kier molecular flexibility index (Phi) is 3.53. The normalized spacial score (nSPS) is 22.8. The summed E-state index contributed by atoms with van der Waals surface area (Å²) in [5, 5.41) is 3.10. The molecule has 2 aliphatic rings. The maximum absolute atomic E-state index is 12.3. The zero-order valence-electron chi connectivity index (χ0n) is 11.8. The minimum absolute atomic E-state index is 0.0792. The number of amides is 1. The number of likely N-dealkylation sites (tertiary alicyclic amines) is 1. The molecule has 1 atom stereocenters. The van der Waals surface area contributed by atoms with Gasteiger partial charge in [-0.15, -0.1) is 0 Å². The fourth-order valence-electron chi connectivity index (χ4n) is 2.83. The zero-order valence-corrected chi connectivity index (χ0v) is 11.8. The Labute approximate surface area is 119 Å². The van der Waals surface area contributed by atoms with Crippen LogP contribution in [0.2, 0.25) is 0 Å². The van der Waals surface area contributed by atoms with Crippen LogP contribution in [0.4, 0.5) is 5.69 Å². The SMILES string of the molecule is COc1cc(N)ccc1C(=O)NC1CCN(C2CC2)C1. The van der Waals surface area contributed by atoms with Crippen molar-refractivity contribution in [2.24, 2.45) is 0 Å². The van der Waals surface area contributed by atoms with Crippen LogP contribution in [0.5, 0.6) is 5.75 Å². The topological polar surface area (TPSA) is 67.6 Å². The fraction of sp³-hybridized carbons (Fsp3) is 0.533. The van der Waals surface area contributed by atoms with Gasteiger partial charge in [0.05, 0.1) is 12.7 Å². The summed E-state index contributed by atoms with van der Waals surface area (Å²) in [7, 11) is 1.55. The first-order valence-corrected chi connectivity index (χ1v) is 7.16. The van der Waals surface area contributed by atoms with Crippen molar-refractivity contribution in [3.05, 3.63) is 23.8 Å². The molecule has 3 rings (SSSR count). The molecule has 1 heterocycles. The second-order valence-electron chi connectivity index (χ2n) is 5.64. The minimum atomic E-state index is -0.0792. The Balaban J connectivity index is 1.64. The summed E-state index contributed by atoms with van der Waals surface area (Å²) in [6.07, 6.45) is 3.65. The summed E-state index contributed by atoms with van der Waals surface area (Å²) >= 11 is 0. The lowest BCUT2D eigenvalue weighted by atomic mass is 10.1. The van der Waals surface area contributed by atoms with Crippen LogP contribution in [-0.2, 0) is 0 Å². The van der Waals surface area contributed by atoms with E-state index in [9.17, 15) is 4.79 Å². The number of carbonyl (C=O) groups is 1. The molecule has 1 aliphatic carbocycles. The third-order valence-electron chi connectivity index (χ3n) is 4.09. The summed E-state index contributed by atoms with van der Waals surface area (Å²) < 4.78 is 5.23. The predicted molar refractivity (Wildman–Crippen MR) is 77.9 cm³/mol. The number of nitrogen functional groups attached to an aromatic ring is 1. The first kappa shape index (κ1) is 13.2. The van der Waals surface area contributed by atoms with E-state index < -0.39 is 0 Å². The molecule has 2 fully saturated rings. The van der Waals surface area contributed by atoms with Crippen LogP contribution in [-0.4, -0.2) is 43.1 Å². The summed E-state index contributed by atoms with van der Waals surface area (Å²) in [5.41, 5.74) is 6.85. The highest BCUT2D eigenvalue weighted by molar-refractivity contribution is 5.97. The van der Waals surface area contributed by atoms with Gasteiger partial charge in [-0.2, -0.15) is 0 Å². The van der Waals surface area contributed by atoms with Gasteiger partial charge in [-0.25, -0.2) is 0 Å². The van der Waals surface area contributed by atoms with Crippen LogP contribution in [0.3, 0.4) is 0 Å². The third kappa shape index (κ3) is 2.72. The lowest BCUT2D eigenvalue weighted by Gasteiger charge is -2.16. The largest absolute Gasteiger partial charge is 0.496 e. The molecule has 5 nitrogen and oxygen atoms in total. The quantitative estimate of drug-likeness (QED) is 0.811. The van der Waals surface area contributed by atoms with Crippen LogP contribution < -0.4 is 15.8 Å².